The minimum Gasteiger partial charge on any atom is -0.370 e. The summed E-state index contributed by atoms with van der Waals surface area (Å²) in [6.07, 6.45) is 3.47. The van der Waals surface area contributed by atoms with Crippen LogP contribution in [0.4, 0.5) is 17.5 Å². The van der Waals surface area contributed by atoms with E-state index in [2.05, 4.69) is 25.6 Å². The predicted octanol–water partition coefficient (Wildman–Crippen LogP) is 3.20. The van der Waals surface area contributed by atoms with Crippen LogP contribution < -0.4 is 10.6 Å². The fourth-order valence-electron chi connectivity index (χ4n) is 2.00. The summed E-state index contributed by atoms with van der Waals surface area (Å²) in [5, 5.41) is 7.46. The first kappa shape index (κ1) is 12.3. The van der Waals surface area contributed by atoms with E-state index < -0.39 is 0 Å². The van der Waals surface area contributed by atoms with Gasteiger partial charge in [-0.05, 0) is 31.2 Å². The lowest BCUT2D eigenvalue weighted by Crippen LogP contribution is -2.04. The standard InChI is InChI=1S/C15H15N5/c1-2-17-14-12-7-3-4-8-13(12)19-15(20-14)18-11-6-5-9-16-10-11/h3-10H,2H2,1H3,(H2,17,18,19,20). The van der Waals surface area contributed by atoms with Gasteiger partial charge in [0, 0.05) is 18.1 Å². The lowest BCUT2D eigenvalue weighted by Gasteiger charge is -2.10. The highest BCUT2D eigenvalue weighted by Crippen LogP contribution is 2.23. The summed E-state index contributed by atoms with van der Waals surface area (Å²) in [6, 6.07) is 11.8. The Morgan fingerprint density at radius 2 is 1.95 bits per heavy atom. The molecule has 0 aliphatic carbocycles. The number of fused-ring (bicyclic) bond motifs is 1. The molecule has 5 nitrogen and oxygen atoms in total. The number of hydrogen-bond acceptors (Lipinski definition) is 5. The summed E-state index contributed by atoms with van der Waals surface area (Å²) in [5.41, 5.74) is 1.77. The second-order valence-corrected chi connectivity index (χ2v) is 4.31. The first-order valence-corrected chi connectivity index (χ1v) is 6.54. The van der Waals surface area contributed by atoms with Crippen molar-refractivity contribution >= 4 is 28.4 Å². The molecule has 2 heterocycles. The first-order valence-electron chi connectivity index (χ1n) is 6.54. The molecule has 0 fully saturated rings. The highest BCUT2D eigenvalue weighted by Gasteiger charge is 2.06. The molecule has 3 aromatic rings. The molecule has 0 saturated heterocycles. The Labute approximate surface area is 117 Å². The van der Waals surface area contributed by atoms with Crippen LogP contribution in [0.15, 0.2) is 48.8 Å². The fraction of sp³-hybridized carbons (Fsp3) is 0.133. The number of aromatic nitrogens is 3. The number of nitrogens with zero attached hydrogens (tertiary/aromatic N) is 3. The van der Waals surface area contributed by atoms with Gasteiger partial charge < -0.3 is 10.6 Å². The number of anilines is 3. The Morgan fingerprint density at radius 1 is 1.05 bits per heavy atom. The molecule has 2 N–H and O–H groups in total. The van der Waals surface area contributed by atoms with Gasteiger partial charge in [0.25, 0.3) is 0 Å². The van der Waals surface area contributed by atoms with Crippen molar-refractivity contribution in [2.75, 3.05) is 17.2 Å². The second kappa shape index (κ2) is 5.52. The Kier molecular flexibility index (Phi) is 3.41. The molecule has 0 atom stereocenters. The zero-order chi connectivity index (χ0) is 13.8. The molecule has 0 amide bonds. The molecule has 0 saturated carbocycles. The van der Waals surface area contributed by atoms with Gasteiger partial charge in [0.05, 0.1) is 17.4 Å². The minimum absolute atomic E-state index is 0.563. The molecule has 0 unspecified atom stereocenters. The van der Waals surface area contributed by atoms with Gasteiger partial charge in [-0.1, -0.05) is 12.1 Å². The van der Waals surface area contributed by atoms with E-state index in [1.165, 1.54) is 0 Å². The zero-order valence-corrected chi connectivity index (χ0v) is 11.2. The van der Waals surface area contributed by atoms with E-state index in [4.69, 9.17) is 0 Å². The molecule has 0 bridgehead atoms. The summed E-state index contributed by atoms with van der Waals surface area (Å²) in [6.45, 7) is 2.86. The highest BCUT2D eigenvalue weighted by molar-refractivity contribution is 5.90. The molecule has 0 aliphatic rings. The third-order valence-electron chi connectivity index (χ3n) is 2.87. The van der Waals surface area contributed by atoms with Gasteiger partial charge in [-0.25, -0.2) is 4.98 Å². The van der Waals surface area contributed by atoms with E-state index in [1.54, 1.807) is 12.4 Å². The Morgan fingerprint density at radius 3 is 2.75 bits per heavy atom. The van der Waals surface area contributed by atoms with Crippen LogP contribution in [0.2, 0.25) is 0 Å². The van der Waals surface area contributed by atoms with Crippen molar-refractivity contribution in [3.05, 3.63) is 48.8 Å². The van der Waals surface area contributed by atoms with Crippen LogP contribution in [0.5, 0.6) is 0 Å². The molecule has 0 spiro atoms. The molecule has 5 heteroatoms. The maximum Gasteiger partial charge on any atom is 0.229 e. The third-order valence-corrected chi connectivity index (χ3v) is 2.87. The molecule has 100 valence electrons. The second-order valence-electron chi connectivity index (χ2n) is 4.31. The van der Waals surface area contributed by atoms with Crippen molar-refractivity contribution < 1.29 is 0 Å². The smallest absolute Gasteiger partial charge is 0.229 e. The summed E-state index contributed by atoms with van der Waals surface area (Å²) in [5.74, 6) is 1.40. The van der Waals surface area contributed by atoms with Crippen LogP contribution in [-0.4, -0.2) is 21.5 Å². The normalized spacial score (nSPS) is 10.4. The molecule has 1 aromatic carbocycles. The molecular formula is C15H15N5. The number of benzene rings is 1. The van der Waals surface area contributed by atoms with Crippen LogP contribution >= 0.6 is 0 Å². The molecule has 20 heavy (non-hydrogen) atoms. The van der Waals surface area contributed by atoms with Crippen molar-refractivity contribution in [1.82, 2.24) is 15.0 Å². The van der Waals surface area contributed by atoms with Crippen molar-refractivity contribution in [2.45, 2.75) is 6.92 Å². The van der Waals surface area contributed by atoms with Gasteiger partial charge >= 0.3 is 0 Å². The van der Waals surface area contributed by atoms with Gasteiger partial charge in [0.1, 0.15) is 5.82 Å². The number of nitrogens with one attached hydrogen (secondary N) is 2. The van der Waals surface area contributed by atoms with E-state index in [1.807, 2.05) is 43.3 Å². The first-order chi connectivity index (χ1) is 9.86. The summed E-state index contributed by atoms with van der Waals surface area (Å²) >= 11 is 0. The van der Waals surface area contributed by atoms with Crippen LogP contribution in [0.25, 0.3) is 10.9 Å². The van der Waals surface area contributed by atoms with Crippen LogP contribution in [0, 0.1) is 0 Å². The monoisotopic (exact) mass is 265 g/mol. The quantitative estimate of drug-likeness (QED) is 0.758. The summed E-state index contributed by atoms with van der Waals surface area (Å²) in [7, 11) is 0. The van der Waals surface area contributed by atoms with E-state index >= 15 is 0 Å². The number of para-hydroxylation sites is 1. The fourth-order valence-corrected chi connectivity index (χ4v) is 2.00. The molecule has 0 aliphatic heterocycles. The van der Waals surface area contributed by atoms with E-state index in [0.29, 0.717) is 5.95 Å². The molecule has 0 radical (unpaired) electrons. The van der Waals surface area contributed by atoms with Crippen molar-refractivity contribution in [3.63, 3.8) is 0 Å². The largest absolute Gasteiger partial charge is 0.370 e. The van der Waals surface area contributed by atoms with Gasteiger partial charge in [0.2, 0.25) is 5.95 Å². The number of pyridine rings is 1. The van der Waals surface area contributed by atoms with Gasteiger partial charge in [0.15, 0.2) is 0 Å². The van der Waals surface area contributed by atoms with Crippen LogP contribution in [0.3, 0.4) is 0 Å². The van der Waals surface area contributed by atoms with Crippen molar-refractivity contribution in [2.24, 2.45) is 0 Å². The predicted molar refractivity (Wildman–Crippen MR) is 81.2 cm³/mol. The Bertz CT molecular complexity index is 712. The molecule has 3 rings (SSSR count). The Balaban J connectivity index is 2.03. The number of rotatable bonds is 4. The molecular weight excluding hydrogens is 250 g/mol. The van der Waals surface area contributed by atoms with Crippen LogP contribution in [-0.2, 0) is 0 Å². The zero-order valence-electron chi connectivity index (χ0n) is 11.2. The maximum atomic E-state index is 4.52. The van der Waals surface area contributed by atoms with Gasteiger partial charge in [-0.2, -0.15) is 4.98 Å². The van der Waals surface area contributed by atoms with E-state index in [0.717, 1.165) is 29.0 Å². The van der Waals surface area contributed by atoms with Crippen molar-refractivity contribution in [1.29, 1.82) is 0 Å². The third kappa shape index (κ3) is 2.51. The van der Waals surface area contributed by atoms with Crippen LogP contribution in [0.1, 0.15) is 6.92 Å². The van der Waals surface area contributed by atoms with E-state index in [-0.39, 0.29) is 0 Å². The lowest BCUT2D eigenvalue weighted by atomic mass is 10.2. The van der Waals surface area contributed by atoms with E-state index in [9.17, 15) is 0 Å². The minimum atomic E-state index is 0.563. The average molecular weight is 265 g/mol. The highest BCUT2D eigenvalue weighted by atomic mass is 15.1. The van der Waals surface area contributed by atoms with Crippen molar-refractivity contribution in [3.8, 4) is 0 Å². The maximum absolute atomic E-state index is 4.52. The summed E-state index contributed by atoms with van der Waals surface area (Å²) in [4.78, 5) is 13.1. The summed E-state index contributed by atoms with van der Waals surface area (Å²) < 4.78 is 0. The lowest BCUT2D eigenvalue weighted by molar-refractivity contribution is 1.14. The van der Waals surface area contributed by atoms with Gasteiger partial charge in [-0.3, -0.25) is 4.98 Å². The Hall–Kier alpha value is -2.69. The van der Waals surface area contributed by atoms with Gasteiger partial charge in [-0.15, -0.1) is 0 Å². The topological polar surface area (TPSA) is 62.7 Å². The number of hydrogen-bond donors (Lipinski definition) is 2. The average Bonchev–Trinajstić information content (AvgIpc) is 2.49. The SMILES string of the molecule is CCNc1nc(Nc2cccnc2)nc2ccccc12. The molecule has 2 aromatic heterocycles.